The summed E-state index contributed by atoms with van der Waals surface area (Å²) in [6.45, 7) is 0. The van der Waals surface area contributed by atoms with Gasteiger partial charge in [0.1, 0.15) is 17.4 Å². The van der Waals surface area contributed by atoms with E-state index in [1.165, 1.54) is 18.2 Å². The summed E-state index contributed by atoms with van der Waals surface area (Å²) in [6, 6.07) is 5.07. The molecule has 1 aromatic heterocycles. The second kappa shape index (κ2) is 5.42. The minimum absolute atomic E-state index is 0.166. The summed E-state index contributed by atoms with van der Waals surface area (Å²) >= 11 is 9.29. The zero-order valence-electron chi connectivity index (χ0n) is 10.9. The Balaban J connectivity index is 2.24. The molecular formula is C14H9BrClFN2O3. The van der Waals surface area contributed by atoms with Crippen LogP contribution in [0.5, 0.6) is 0 Å². The van der Waals surface area contributed by atoms with Crippen molar-refractivity contribution in [3.63, 3.8) is 0 Å². The van der Waals surface area contributed by atoms with Crippen molar-refractivity contribution in [2.45, 2.75) is 6.10 Å². The molecule has 0 saturated carbocycles. The zero-order chi connectivity index (χ0) is 16.0. The predicted octanol–water partition coefficient (Wildman–Crippen LogP) is 3.34. The van der Waals surface area contributed by atoms with E-state index < -0.39 is 17.7 Å². The summed E-state index contributed by atoms with van der Waals surface area (Å²) in [5.74, 6) is -1.18. The van der Waals surface area contributed by atoms with Crippen LogP contribution >= 0.6 is 27.5 Å². The van der Waals surface area contributed by atoms with Gasteiger partial charge in [-0.1, -0.05) is 11.6 Å². The monoisotopic (exact) mass is 386 g/mol. The number of aliphatic hydroxyl groups excluding tert-OH is 1. The Kier molecular flexibility index (Phi) is 3.72. The Labute approximate surface area is 136 Å². The molecular weight excluding hydrogens is 379 g/mol. The van der Waals surface area contributed by atoms with Gasteiger partial charge in [0.15, 0.2) is 5.58 Å². The van der Waals surface area contributed by atoms with Crippen LogP contribution in [0.15, 0.2) is 37.9 Å². The lowest BCUT2D eigenvalue weighted by atomic mass is 9.99. The Morgan fingerprint density at radius 3 is 2.86 bits per heavy atom. The normalized spacial score (nSPS) is 12.7. The van der Waals surface area contributed by atoms with E-state index >= 15 is 0 Å². The fourth-order valence-electron chi connectivity index (χ4n) is 2.24. The first-order chi connectivity index (χ1) is 10.4. The average molecular weight is 388 g/mol. The second-order valence-electron chi connectivity index (χ2n) is 4.65. The maximum atomic E-state index is 13.4. The van der Waals surface area contributed by atoms with E-state index in [1.807, 2.05) is 0 Å². The van der Waals surface area contributed by atoms with Crippen molar-refractivity contribution in [1.29, 1.82) is 0 Å². The molecule has 1 atom stereocenters. The Morgan fingerprint density at radius 2 is 2.14 bits per heavy atom. The largest absolute Gasteiger partial charge is 0.417 e. The fourth-order valence-corrected chi connectivity index (χ4v) is 3.20. The molecule has 22 heavy (non-hydrogen) atoms. The van der Waals surface area contributed by atoms with Crippen LogP contribution in [0.3, 0.4) is 0 Å². The molecule has 8 heteroatoms. The molecule has 0 amide bonds. The van der Waals surface area contributed by atoms with Crippen molar-refractivity contribution < 1.29 is 13.9 Å². The van der Waals surface area contributed by atoms with Crippen LogP contribution < -0.4 is 11.5 Å². The standard InChI is InChI=1S/C14H9BrClFN2O3/c15-11-10(8(18)4-9-12(11)19-14(21)22-9)13(20)6-3-5(17)1-2-7(6)16/h1-4,13,20H,18H2,(H,19,21). The van der Waals surface area contributed by atoms with Gasteiger partial charge in [-0.25, -0.2) is 9.18 Å². The van der Waals surface area contributed by atoms with Crippen molar-refractivity contribution in [3.8, 4) is 0 Å². The van der Waals surface area contributed by atoms with Gasteiger partial charge in [-0.05, 0) is 34.1 Å². The molecule has 0 aliphatic heterocycles. The molecule has 0 bridgehead atoms. The third-order valence-corrected chi connectivity index (χ3v) is 4.42. The number of hydrogen-bond donors (Lipinski definition) is 3. The van der Waals surface area contributed by atoms with Crippen LogP contribution in [0.2, 0.25) is 5.02 Å². The van der Waals surface area contributed by atoms with Crippen LogP contribution in [-0.2, 0) is 0 Å². The predicted molar refractivity (Wildman–Crippen MR) is 84.4 cm³/mol. The molecule has 3 rings (SSSR count). The summed E-state index contributed by atoms with van der Waals surface area (Å²) in [5.41, 5.74) is 7.12. The minimum Gasteiger partial charge on any atom is -0.408 e. The minimum atomic E-state index is -1.28. The first kappa shape index (κ1) is 15.1. The quantitative estimate of drug-likeness (QED) is 0.588. The number of anilines is 1. The number of fused-ring (bicyclic) bond motifs is 1. The summed E-state index contributed by atoms with van der Waals surface area (Å²) in [6.07, 6.45) is -1.28. The molecule has 0 saturated heterocycles. The topological polar surface area (TPSA) is 92.2 Å². The highest BCUT2D eigenvalue weighted by molar-refractivity contribution is 9.10. The van der Waals surface area contributed by atoms with Gasteiger partial charge in [0.05, 0.1) is 4.47 Å². The van der Waals surface area contributed by atoms with Crippen molar-refractivity contribution in [2.75, 3.05) is 5.73 Å². The van der Waals surface area contributed by atoms with Crippen LogP contribution in [0, 0.1) is 5.82 Å². The average Bonchev–Trinajstić information content (AvgIpc) is 2.82. The van der Waals surface area contributed by atoms with E-state index in [4.69, 9.17) is 21.8 Å². The Bertz CT molecular complexity index is 938. The lowest BCUT2D eigenvalue weighted by molar-refractivity contribution is 0.220. The summed E-state index contributed by atoms with van der Waals surface area (Å²) in [4.78, 5) is 13.8. The van der Waals surface area contributed by atoms with Gasteiger partial charge in [0.2, 0.25) is 0 Å². The van der Waals surface area contributed by atoms with Crippen molar-refractivity contribution in [2.24, 2.45) is 0 Å². The Hall–Kier alpha value is -1.83. The molecule has 0 radical (unpaired) electrons. The number of nitrogens with two attached hydrogens (primary N) is 1. The van der Waals surface area contributed by atoms with Gasteiger partial charge in [0.25, 0.3) is 0 Å². The number of rotatable bonds is 2. The molecule has 1 unspecified atom stereocenters. The highest BCUT2D eigenvalue weighted by Gasteiger charge is 2.23. The number of aliphatic hydroxyl groups is 1. The van der Waals surface area contributed by atoms with Crippen LogP contribution in [0.1, 0.15) is 17.2 Å². The van der Waals surface area contributed by atoms with Crippen molar-refractivity contribution in [3.05, 3.63) is 61.3 Å². The van der Waals surface area contributed by atoms with Crippen LogP contribution in [0.4, 0.5) is 10.1 Å². The van der Waals surface area contributed by atoms with Crippen LogP contribution in [-0.4, -0.2) is 10.1 Å². The highest BCUT2D eigenvalue weighted by Crippen LogP contribution is 2.39. The maximum absolute atomic E-state index is 13.4. The molecule has 2 aromatic carbocycles. The molecule has 3 aromatic rings. The first-order valence-electron chi connectivity index (χ1n) is 6.12. The number of aromatic nitrogens is 1. The number of H-pyrrole nitrogens is 1. The first-order valence-corrected chi connectivity index (χ1v) is 7.29. The third kappa shape index (κ3) is 2.41. The lowest BCUT2D eigenvalue weighted by Crippen LogP contribution is -2.06. The molecule has 0 aliphatic carbocycles. The van der Waals surface area contributed by atoms with Gasteiger partial charge < -0.3 is 15.3 Å². The number of benzene rings is 2. The van der Waals surface area contributed by atoms with E-state index in [0.29, 0.717) is 9.99 Å². The molecule has 0 aliphatic rings. The number of oxazole rings is 1. The summed E-state index contributed by atoms with van der Waals surface area (Å²) in [7, 11) is 0. The van der Waals surface area contributed by atoms with Gasteiger partial charge in [0, 0.05) is 27.9 Å². The van der Waals surface area contributed by atoms with Gasteiger partial charge in [-0.15, -0.1) is 0 Å². The highest BCUT2D eigenvalue weighted by atomic mass is 79.9. The van der Waals surface area contributed by atoms with E-state index in [9.17, 15) is 14.3 Å². The van der Waals surface area contributed by atoms with E-state index in [2.05, 4.69) is 20.9 Å². The zero-order valence-corrected chi connectivity index (χ0v) is 13.2. The van der Waals surface area contributed by atoms with E-state index in [-0.39, 0.29) is 27.4 Å². The number of aromatic amines is 1. The Morgan fingerprint density at radius 1 is 1.41 bits per heavy atom. The van der Waals surface area contributed by atoms with E-state index in [1.54, 1.807) is 0 Å². The fraction of sp³-hybridized carbons (Fsp3) is 0.0714. The van der Waals surface area contributed by atoms with Crippen molar-refractivity contribution in [1.82, 2.24) is 4.98 Å². The van der Waals surface area contributed by atoms with Crippen LogP contribution in [0.25, 0.3) is 11.1 Å². The molecule has 5 nitrogen and oxygen atoms in total. The number of nitrogens with one attached hydrogen (secondary N) is 1. The van der Waals surface area contributed by atoms with Gasteiger partial charge in [-0.2, -0.15) is 0 Å². The third-order valence-electron chi connectivity index (χ3n) is 3.26. The number of nitrogen functional groups attached to an aromatic ring is 1. The van der Waals surface area contributed by atoms with E-state index in [0.717, 1.165) is 6.07 Å². The molecule has 114 valence electrons. The lowest BCUT2D eigenvalue weighted by Gasteiger charge is -2.17. The van der Waals surface area contributed by atoms with Gasteiger partial charge in [-0.3, -0.25) is 4.98 Å². The number of halogens is 3. The summed E-state index contributed by atoms with van der Waals surface area (Å²) < 4.78 is 18.7. The maximum Gasteiger partial charge on any atom is 0.417 e. The molecule has 1 heterocycles. The van der Waals surface area contributed by atoms with Gasteiger partial charge >= 0.3 is 5.76 Å². The number of hydrogen-bond acceptors (Lipinski definition) is 4. The molecule has 0 fully saturated rings. The SMILES string of the molecule is Nc1cc2oc(=O)[nH]c2c(Br)c1C(O)c1cc(F)ccc1Cl. The van der Waals surface area contributed by atoms with Crippen molar-refractivity contribution >= 4 is 44.3 Å². The molecule has 0 spiro atoms. The smallest absolute Gasteiger partial charge is 0.408 e. The summed E-state index contributed by atoms with van der Waals surface area (Å²) in [5, 5.41) is 10.7. The molecule has 4 N–H and O–H groups in total. The second-order valence-corrected chi connectivity index (χ2v) is 5.85.